The summed E-state index contributed by atoms with van der Waals surface area (Å²) in [5.74, 6) is 0.0362. The van der Waals surface area contributed by atoms with E-state index >= 15 is 0 Å². The van der Waals surface area contributed by atoms with Gasteiger partial charge in [0.05, 0.1) is 16.4 Å². The maximum Gasteiger partial charge on any atom is 0.190 e. The molecule has 27 heavy (non-hydrogen) atoms. The summed E-state index contributed by atoms with van der Waals surface area (Å²) in [7, 11) is 0. The molecule has 140 valence electrons. The first-order chi connectivity index (χ1) is 12.5. The van der Waals surface area contributed by atoms with Gasteiger partial charge in [0, 0.05) is 28.1 Å². The molecule has 3 nitrogen and oxygen atoms in total. The Morgan fingerprint density at radius 3 is 2.52 bits per heavy atom. The van der Waals surface area contributed by atoms with Gasteiger partial charge in [0.1, 0.15) is 0 Å². The minimum atomic E-state index is 0. The Morgan fingerprint density at radius 1 is 1.22 bits per heavy atom. The number of rotatable bonds is 5. The Labute approximate surface area is 178 Å². The first-order valence-electron chi connectivity index (χ1n) is 7.90. The molecule has 3 rings (SSSR count). The van der Waals surface area contributed by atoms with Crippen molar-refractivity contribution in [1.82, 2.24) is 4.57 Å². The molecule has 3 aromatic rings. The van der Waals surface area contributed by atoms with Crippen molar-refractivity contribution in [2.24, 2.45) is 4.99 Å². The first-order valence-corrected chi connectivity index (χ1v) is 9.53. The molecule has 0 saturated carbocycles. The third kappa shape index (κ3) is 4.90. The van der Waals surface area contributed by atoms with Crippen molar-refractivity contribution in [2.75, 3.05) is 0 Å². The maximum atomic E-state index is 11.4. The van der Waals surface area contributed by atoms with E-state index in [2.05, 4.69) is 6.58 Å². The highest BCUT2D eigenvalue weighted by molar-refractivity contribution is 7.07. The number of benzene rings is 2. The molecular formula is C20H16Cl3N2OS-. The van der Waals surface area contributed by atoms with Crippen LogP contribution in [0.3, 0.4) is 0 Å². The van der Waals surface area contributed by atoms with Gasteiger partial charge in [-0.15, -0.1) is 17.9 Å². The number of nitrogens with zero attached hydrogens (tertiary/aromatic N) is 2. The zero-order valence-corrected chi connectivity index (χ0v) is 17.5. The van der Waals surface area contributed by atoms with E-state index in [4.69, 9.17) is 28.2 Å². The van der Waals surface area contributed by atoms with Gasteiger partial charge in [-0.05, 0) is 49.4 Å². The standard InChI is InChI=1S/C20H16Cl2N2OS.ClH/c1-3-10-24-19(17-9-6-15(21)11-18(17)22)12-26-20(24)23-16-7-4-14(5-8-16)13(2)25;/h3-9,11-12H,1,10H2,2H3;1H/p-1. The summed E-state index contributed by atoms with van der Waals surface area (Å²) in [6.45, 7) is 5.98. The highest BCUT2D eigenvalue weighted by Gasteiger charge is 2.11. The predicted molar refractivity (Wildman–Crippen MR) is 110 cm³/mol. The third-order valence-corrected chi connectivity index (χ3v) is 5.23. The lowest BCUT2D eigenvalue weighted by atomic mass is 10.1. The van der Waals surface area contributed by atoms with Crippen LogP contribution in [0.25, 0.3) is 11.3 Å². The zero-order chi connectivity index (χ0) is 18.7. The number of hydrogen-bond donors (Lipinski definition) is 0. The molecule has 0 amide bonds. The van der Waals surface area contributed by atoms with Crippen LogP contribution in [0.5, 0.6) is 0 Å². The Hall–Kier alpha value is -1.85. The average Bonchev–Trinajstić information content (AvgIpc) is 2.98. The number of thiazole rings is 1. The number of Topliss-reactive ketones (excluding diaryl/α,β-unsaturated/α-hetero) is 1. The second-order valence-corrected chi connectivity index (χ2v) is 7.32. The Morgan fingerprint density at radius 2 is 1.93 bits per heavy atom. The summed E-state index contributed by atoms with van der Waals surface area (Å²) in [5, 5.41) is 3.20. The SMILES string of the molecule is C=CCn1c(-c2ccc(Cl)cc2Cl)csc1=Nc1ccc(C(C)=O)cc1.[Cl-]. The van der Waals surface area contributed by atoms with Crippen molar-refractivity contribution in [1.29, 1.82) is 0 Å². The largest absolute Gasteiger partial charge is 1.00 e. The molecule has 0 unspecified atom stereocenters. The summed E-state index contributed by atoms with van der Waals surface area (Å²) in [4.78, 5) is 16.9. The molecule has 0 aliphatic rings. The number of carbonyl (C=O) groups excluding carboxylic acids is 1. The number of hydrogen-bond acceptors (Lipinski definition) is 3. The van der Waals surface area contributed by atoms with Gasteiger partial charge in [0.15, 0.2) is 10.6 Å². The minimum Gasteiger partial charge on any atom is -1.00 e. The van der Waals surface area contributed by atoms with Crippen molar-refractivity contribution >= 4 is 46.0 Å². The van der Waals surface area contributed by atoms with Gasteiger partial charge in [0.25, 0.3) is 0 Å². The molecule has 0 fully saturated rings. The fourth-order valence-corrected chi connectivity index (χ4v) is 3.95. The Bertz CT molecular complexity index is 1040. The molecule has 0 saturated heterocycles. The second kappa shape index (κ2) is 9.38. The molecule has 0 spiro atoms. The molecule has 1 heterocycles. The number of ketones is 1. The summed E-state index contributed by atoms with van der Waals surface area (Å²) in [6, 6.07) is 12.7. The van der Waals surface area contributed by atoms with E-state index < -0.39 is 0 Å². The van der Waals surface area contributed by atoms with E-state index in [1.165, 1.54) is 11.3 Å². The lowest BCUT2D eigenvalue weighted by Crippen LogP contribution is -3.00. The monoisotopic (exact) mass is 437 g/mol. The van der Waals surface area contributed by atoms with Crippen LogP contribution in [-0.2, 0) is 6.54 Å². The van der Waals surface area contributed by atoms with E-state index in [-0.39, 0.29) is 18.2 Å². The van der Waals surface area contributed by atoms with Crippen molar-refractivity contribution < 1.29 is 17.2 Å². The van der Waals surface area contributed by atoms with Crippen LogP contribution in [0, 0.1) is 0 Å². The molecule has 7 heteroatoms. The molecule has 0 N–H and O–H groups in total. The predicted octanol–water partition coefficient (Wildman–Crippen LogP) is 3.15. The molecular weight excluding hydrogens is 423 g/mol. The molecule has 1 aromatic heterocycles. The highest BCUT2D eigenvalue weighted by atomic mass is 35.5. The van der Waals surface area contributed by atoms with Gasteiger partial charge in [-0.2, -0.15) is 0 Å². The van der Waals surface area contributed by atoms with Gasteiger partial charge >= 0.3 is 0 Å². The summed E-state index contributed by atoms with van der Waals surface area (Å²) in [6.07, 6.45) is 1.82. The van der Waals surface area contributed by atoms with E-state index in [1.807, 2.05) is 40.3 Å². The second-order valence-electron chi connectivity index (χ2n) is 5.64. The smallest absolute Gasteiger partial charge is 0.190 e. The van der Waals surface area contributed by atoms with Crippen molar-refractivity contribution in [3.63, 3.8) is 0 Å². The number of aromatic nitrogens is 1. The fraction of sp³-hybridized carbons (Fsp3) is 0.100. The topological polar surface area (TPSA) is 34.4 Å². The number of halogens is 3. The first kappa shape index (κ1) is 21.5. The molecule has 0 atom stereocenters. The summed E-state index contributed by atoms with van der Waals surface area (Å²) in [5.41, 5.74) is 3.30. The number of allylic oxidation sites excluding steroid dienone is 1. The van der Waals surface area contributed by atoms with E-state index in [0.29, 0.717) is 22.2 Å². The van der Waals surface area contributed by atoms with Crippen molar-refractivity contribution in [3.8, 4) is 11.3 Å². The molecule has 2 aromatic carbocycles. The lowest BCUT2D eigenvalue weighted by molar-refractivity contribution is -0.0000130. The zero-order valence-electron chi connectivity index (χ0n) is 14.5. The third-order valence-electron chi connectivity index (χ3n) is 3.81. The van der Waals surface area contributed by atoms with Crippen LogP contribution in [0.15, 0.2) is 65.5 Å². The van der Waals surface area contributed by atoms with Crippen LogP contribution in [0.4, 0.5) is 5.69 Å². The van der Waals surface area contributed by atoms with Crippen molar-refractivity contribution in [3.05, 3.63) is 80.9 Å². The van der Waals surface area contributed by atoms with Crippen molar-refractivity contribution in [2.45, 2.75) is 13.5 Å². The van der Waals surface area contributed by atoms with Gasteiger partial charge < -0.3 is 17.0 Å². The Balaban J connectivity index is 0.00000261. The Kier molecular flexibility index (Phi) is 7.45. The molecule has 0 radical (unpaired) electrons. The van der Waals surface area contributed by atoms with Gasteiger partial charge in [0.2, 0.25) is 0 Å². The molecule has 0 aliphatic carbocycles. The van der Waals surface area contributed by atoms with Gasteiger partial charge in [-0.1, -0.05) is 29.3 Å². The van der Waals surface area contributed by atoms with E-state index in [1.54, 1.807) is 25.1 Å². The quantitative estimate of drug-likeness (QED) is 0.445. The minimum absolute atomic E-state index is 0. The summed E-state index contributed by atoms with van der Waals surface area (Å²) < 4.78 is 2.05. The average molecular weight is 439 g/mol. The van der Waals surface area contributed by atoms with Gasteiger partial charge in [-0.3, -0.25) is 4.79 Å². The van der Waals surface area contributed by atoms with Crippen LogP contribution >= 0.6 is 34.5 Å². The fourth-order valence-electron chi connectivity index (χ4n) is 2.52. The van der Waals surface area contributed by atoms with Crippen LogP contribution in [0.2, 0.25) is 10.0 Å². The van der Waals surface area contributed by atoms with Crippen LogP contribution < -0.4 is 17.2 Å². The van der Waals surface area contributed by atoms with Crippen LogP contribution in [-0.4, -0.2) is 10.4 Å². The number of carbonyl (C=O) groups is 1. The molecule has 0 aliphatic heterocycles. The van der Waals surface area contributed by atoms with E-state index in [9.17, 15) is 4.79 Å². The van der Waals surface area contributed by atoms with Gasteiger partial charge in [-0.25, -0.2) is 4.99 Å². The summed E-state index contributed by atoms with van der Waals surface area (Å²) >= 11 is 13.9. The lowest BCUT2D eigenvalue weighted by Gasteiger charge is -2.08. The normalized spacial score (nSPS) is 11.1. The highest BCUT2D eigenvalue weighted by Crippen LogP contribution is 2.30. The van der Waals surface area contributed by atoms with E-state index in [0.717, 1.165) is 21.7 Å². The molecule has 0 bridgehead atoms. The van der Waals surface area contributed by atoms with Crippen LogP contribution in [0.1, 0.15) is 17.3 Å². The maximum absolute atomic E-state index is 11.4.